The first-order chi connectivity index (χ1) is 11.5. The molecule has 0 aliphatic heterocycles. The van der Waals surface area contributed by atoms with E-state index in [9.17, 15) is 13.6 Å². The van der Waals surface area contributed by atoms with E-state index >= 15 is 0 Å². The van der Waals surface area contributed by atoms with Gasteiger partial charge in [-0.1, -0.05) is 11.6 Å². The Morgan fingerprint density at radius 3 is 2.58 bits per heavy atom. The number of anilines is 2. The fourth-order valence-corrected chi connectivity index (χ4v) is 2.37. The molecule has 3 rings (SSSR count). The number of urea groups is 1. The zero-order valence-corrected chi connectivity index (χ0v) is 12.9. The second kappa shape index (κ2) is 6.76. The highest BCUT2D eigenvalue weighted by Crippen LogP contribution is 2.26. The minimum Gasteiger partial charge on any atom is -0.435 e. The Bertz CT molecular complexity index is 865. The highest BCUT2D eigenvalue weighted by Gasteiger charge is 2.09. The van der Waals surface area contributed by atoms with Crippen LogP contribution in [0.15, 0.2) is 48.7 Å². The van der Waals surface area contributed by atoms with Crippen LogP contribution < -0.4 is 15.4 Å². The zero-order valence-electron chi connectivity index (χ0n) is 12.1. The molecule has 1 heterocycles. The molecule has 5 nitrogen and oxygen atoms in total. The van der Waals surface area contributed by atoms with Crippen LogP contribution in [0.5, 0.6) is 5.75 Å². The number of amides is 2. The van der Waals surface area contributed by atoms with Gasteiger partial charge in [-0.2, -0.15) is 8.78 Å². The third-order valence-electron chi connectivity index (χ3n) is 3.23. The SMILES string of the molecule is O=C(Nc1ccc(OC(F)F)cc1)Nc1c[nH]c2ccc(Cl)cc12. The smallest absolute Gasteiger partial charge is 0.387 e. The van der Waals surface area contributed by atoms with Crippen LogP contribution in [0, 0.1) is 0 Å². The fourth-order valence-electron chi connectivity index (χ4n) is 2.20. The van der Waals surface area contributed by atoms with Gasteiger partial charge in [-0.15, -0.1) is 0 Å². The molecule has 2 amide bonds. The van der Waals surface area contributed by atoms with Gasteiger partial charge in [0.1, 0.15) is 5.75 Å². The minimum absolute atomic E-state index is 0.0160. The number of fused-ring (bicyclic) bond motifs is 1. The predicted molar refractivity (Wildman–Crippen MR) is 89.0 cm³/mol. The van der Waals surface area contributed by atoms with Gasteiger partial charge in [0.05, 0.1) is 5.69 Å². The summed E-state index contributed by atoms with van der Waals surface area (Å²) in [5, 5.41) is 6.63. The number of carbonyl (C=O) groups is 1. The highest BCUT2D eigenvalue weighted by molar-refractivity contribution is 6.31. The first-order valence-electron chi connectivity index (χ1n) is 6.91. The summed E-state index contributed by atoms with van der Waals surface area (Å²) in [6.45, 7) is -2.89. The van der Waals surface area contributed by atoms with E-state index in [-0.39, 0.29) is 5.75 Å². The second-order valence-electron chi connectivity index (χ2n) is 4.87. The van der Waals surface area contributed by atoms with Crippen LogP contribution in [-0.4, -0.2) is 17.6 Å². The van der Waals surface area contributed by atoms with Gasteiger partial charge >= 0.3 is 12.6 Å². The Morgan fingerprint density at radius 2 is 1.88 bits per heavy atom. The fraction of sp³-hybridized carbons (Fsp3) is 0.0625. The van der Waals surface area contributed by atoms with Gasteiger partial charge in [-0.3, -0.25) is 0 Å². The van der Waals surface area contributed by atoms with E-state index in [4.69, 9.17) is 11.6 Å². The van der Waals surface area contributed by atoms with E-state index < -0.39 is 12.6 Å². The largest absolute Gasteiger partial charge is 0.435 e. The summed E-state index contributed by atoms with van der Waals surface area (Å²) in [5.41, 5.74) is 1.85. The molecule has 2 aromatic carbocycles. The molecule has 1 aromatic heterocycles. The molecule has 24 heavy (non-hydrogen) atoms. The number of carbonyl (C=O) groups excluding carboxylic acids is 1. The van der Waals surface area contributed by atoms with Crippen molar-refractivity contribution in [3.63, 3.8) is 0 Å². The van der Waals surface area contributed by atoms with Crippen LogP contribution in [0.2, 0.25) is 5.02 Å². The molecule has 3 aromatic rings. The Kier molecular flexibility index (Phi) is 4.52. The number of aromatic nitrogens is 1. The van der Waals surface area contributed by atoms with E-state index in [0.29, 0.717) is 16.4 Å². The van der Waals surface area contributed by atoms with Crippen LogP contribution in [0.4, 0.5) is 25.0 Å². The lowest BCUT2D eigenvalue weighted by molar-refractivity contribution is -0.0498. The van der Waals surface area contributed by atoms with Crippen LogP contribution in [0.1, 0.15) is 0 Å². The maximum Gasteiger partial charge on any atom is 0.387 e. The van der Waals surface area contributed by atoms with Gasteiger partial charge < -0.3 is 20.4 Å². The van der Waals surface area contributed by atoms with E-state index in [1.165, 1.54) is 24.3 Å². The molecule has 0 saturated carbocycles. The molecule has 3 N–H and O–H groups in total. The summed E-state index contributed by atoms with van der Waals surface area (Å²) >= 11 is 5.96. The van der Waals surface area contributed by atoms with Gasteiger partial charge in [0.2, 0.25) is 0 Å². The monoisotopic (exact) mass is 351 g/mol. The number of hydrogen-bond donors (Lipinski definition) is 3. The summed E-state index contributed by atoms with van der Waals surface area (Å²) < 4.78 is 28.4. The van der Waals surface area contributed by atoms with E-state index in [0.717, 1.165) is 10.9 Å². The molecule has 0 aliphatic carbocycles. The molecule has 124 valence electrons. The number of aromatic amines is 1. The van der Waals surface area contributed by atoms with Crippen molar-refractivity contribution >= 4 is 39.9 Å². The van der Waals surface area contributed by atoms with Crippen molar-refractivity contribution in [3.8, 4) is 5.75 Å². The number of H-pyrrole nitrogens is 1. The van der Waals surface area contributed by atoms with Crippen LogP contribution in [0.3, 0.4) is 0 Å². The third-order valence-corrected chi connectivity index (χ3v) is 3.46. The van der Waals surface area contributed by atoms with Gasteiger partial charge in [0, 0.05) is 27.8 Å². The van der Waals surface area contributed by atoms with Crippen molar-refractivity contribution in [2.45, 2.75) is 6.61 Å². The Labute approximate surface area is 140 Å². The van der Waals surface area contributed by atoms with Crippen molar-refractivity contribution in [1.29, 1.82) is 0 Å². The number of nitrogens with one attached hydrogen (secondary N) is 3. The van der Waals surface area contributed by atoms with Crippen molar-refractivity contribution in [1.82, 2.24) is 4.98 Å². The van der Waals surface area contributed by atoms with Gasteiger partial charge in [0.15, 0.2) is 0 Å². The molecule has 0 atom stereocenters. The minimum atomic E-state index is -2.89. The van der Waals surface area contributed by atoms with Gasteiger partial charge in [-0.25, -0.2) is 4.79 Å². The highest BCUT2D eigenvalue weighted by atomic mass is 35.5. The Balaban J connectivity index is 1.67. The van der Waals surface area contributed by atoms with Crippen LogP contribution in [0.25, 0.3) is 10.9 Å². The lowest BCUT2D eigenvalue weighted by Crippen LogP contribution is -2.19. The second-order valence-corrected chi connectivity index (χ2v) is 5.31. The van der Waals surface area contributed by atoms with Crippen molar-refractivity contribution in [2.75, 3.05) is 10.6 Å². The molecular formula is C16H12ClF2N3O2. The summed E-state index contributed by atoms with van der Waals surface area (Å²) in [7, 11) is 0. The lowest BCUT2D eigenvalue weighted by atomic mass is 10.2. The topological polar surface area (TPSA) is 66.2 Å². The van der Waals surface area contributed by atoms with E-state index in [1.807, 2.05) is 6.07 Å². The number of benzene rings is 2. The first-order valence-corrected chi connectivity index (χ1v) is 7.28. The average molecular weight is 352 g/mol. The van der Waals surface area contributed by atoms with Crippen LogP contribution in [-0.2, 0) is 0 Å². The molecule has 0 radical (unpaired) electrons. The summed E-state index contributed by atoms with van der Waals surface area (Å²) in [5.74, 6) is 0.0160. The van der Waals surface area contributed by atoms with Crippen molar-refractivity contribution in [2.24, 2.45) is 0 Å². The molecule has 0 unspecified atom stereocenters. The van der Waals surface area contributed by atoms with Crippen molar-refractivity contribution < 1.29 is 18.3 Å². The Hall–Kier alpha value is -2.80. The molecule has 8 heteroatoms. The maximum absolute atomic E-state index is 12.1. The quantitative estimate of drug-likeness (QED) is 0.614. The predicted octanol–water partition coefficient (Wildman–Crippen LogP) is 5.07. The van der Waals surface area contributed by atoms with E-state index in [1.54, 1.807) is 18.3 Å². The normalized spacial score (nSPS) is 10.8. The number of halogens is 3. The maximum atomic E-state index is 12.1. The summed E-state index contributed by atoms with van der Waals surface area (Å²) in [6, 6.07) is 10.4. The molecule has 0 aliphatic rings. The van der Waals surface area contributed by atoms with E-state index in [2.05, 4.69) is 20.4 Å². The summed E-state index contributed by atoms with van der Waals surface area (Å²) in [6.07, 6.45) is 1.65. The zero-order chi connectivity index (χ0) is 17.1. The van der Waals surface area contributed by atoms with Crippen molar-refractivity contribution in [3.05, 3.63) is 53.7 Å². The number of ether oxygens (including phenoxy) is 1. The molecule has 0 bridgehead atoms. The Morgan fingerprint density at radius 1 is 1.12 bits per heavy atom. The first kappa shape index (κ1) is 16.1. The van der Waals surface area contributed by atoms with Gasteiger partial charge in [0.25, 0.3) is 0 Å². The molecule has 0 fully saturated rings. The summed E-state index contributed by atoms with van der Waals surface area (Å²) in [4.78, 5) is 15.1. The number of hydrogen-bond acceptors (Lipinski definition) is 2. The number of alkyl halides is 2. The standard InChI is InChI=1S/C16H12ClF2N3O2/c17-9-1-6-13-12(7-9)14(8-20-13)22-16(23)21-10-2-4-11(5-3-10)24-15(18)19/h1-8,15,20H,(H2,21,22,23). The molecule has 0 saturated heterocycles. The molecule has 0 spiro atoms. The van der Waals surface area contributed by atoms with Crippen LogP contribution >= 0.6 is 11.6 Å². The third kappa shape index (κ3) is 3.75. The average Bonchev–Trinajstić information content (AvgIpc) is 2.91. The lowest BCUT2D eigenvalue weighted by Gasteiger charge is -2.08. The number of rotatable bonds is 4. The molecular weight excluding hydrogens is 340 g/mol. The van der Waals surface area contributed by atoms with Gasteiger partial charge in [-0.05, 0) is 42.5 Å².